The Morgan fingerprint density at radius 3 is 2.57 bits per heavy atom. The largest absolute Gasteiger partial charge is 0.391 e. The van der Waals surface area contributed by atoms with E-state index in [9.17, 15) is 14.7 Å². The highest BCUT2D eigenvalue weighted by Crippen LogP contribution is 2.19. The Kier molecular flexibility index (Phi) is 3.23. The molecule has 0 aromatic carbocycles. The highest BCUT2D eigenvalue weighted by atomic mass is 16.3. The van der Waals surface area contributed by atoms with Gasteiger partial charge in [-0.15, -0.1) is 0 Å². The summed E-state index contributed by atoms with van der Waals surface area (Å²) in [6, 6.07) is -1.12. The first kappa shape index (κ1) is 11.1. The van der Waals surface area contributed by atoms with Gasteiger partial charge in [-0.1, -0.05) is 0 Å². The lowest BCUT2D eigenvalue weighted by molar-refractivity contribution is -0.137. The molecule has 5 nitrogen and oxygen atoms in total. The summed E-state index contributed by atoms with van der Waals surface area (Å²) in [6.07, 6.45) is -0.278. The minimum Gasteiger partial charge on any atom is -0.391 e. The van der Waals surface area contributed by atoms with Crippen LogP contribution in [0.5, 0.6) is 0 Å². The van der Waals surface area contributed by atoms with Gasteiger partial charge in [0.05, 0.1) is 18.2 Å². The van der Waals surface area contributed by atoms with Crippen molar-refractivity contribution in [1.82, 2.24) is 4.90 Å². The molecule has 0 aliphatic carbocycles. The minimum absolute atomic E-state index is 0.101. The quantitative estimate of drug-likeness (QED) is 0.591. The van der Waals surface area contributed by atoms with Crippen molar-refractivity contribution in [2.45, 2.75) is 38.5 Å². The number of ketones is 1. The number of hydrogen-bond acceptors (Lipinski definition) is 4. The Balaban J connectivity index is 2.76. The third kappa shape index (κ3) is 2.10. The Morgan fingerprint density at radius 1 is 1.57 bits per heavy atom. The van der Waals surface area contributed by atoms with Crippen LogP contribution < -0.4 is 5.73 Å². The lowest BCUT2D eigenvalue weighted by Crippen LogP contribution is -2.47. The lowest BCUT2D eigenvalue weighted by atomic mass is 10.1. The number of nitrogens with two attached hydrogens (primary N) is 1. The number of hydrogen-bond donors (Lipinski definition) is 2. The summed E-state index contributed by atoms with van der Waals surface area (Å²) in [4.78, 5) is 24.1. The van der Waals surface area contributed by atoms with Crippen molar-refractivity contribution in [3.8, 4) is 0 Å². The first-order valence-electron chi connectivity index (χ1n) is 4.68. The molecule has 3 unspecified atom stereocenters. The van der Waals surface area contributed by atoms with Crippen LogP contribution in [0.4, 0.5) is 0 Å². The number of Topliss-reactive ketones (excluding diaryl/α,β-unsaturated/α-hetero) is 1. The molecule has 3 atom stereocenters. The van der Waals surface area contributed by atoms with Crippen molar-refractivity contribution < 1.29 is 14.7 Å². The van der Waals surface area contributed by atoms with Crippen molar-refractivity contribution in [2.24, 2.45) is 5.73 Å². The standard InChI is InChI=1S/C9H16N2O3/c1-5(10)9(14)11-4-7(13)3-8(11)6(2)12/h5,7-8,13H,3-4,10H2,1-2H3. The monoisotopic (exact) mass is 200 g/mol. The van der Waals surface area contributed by atoms with Crippen LogP contribution in [-0.2, 0) is 9.59 Å². The number of aliphatic hydroxyl groups is 1. The summed E-state index contributed by atoms with van der Waals surface area (Å²) < 4.78 is 0. The van der Waals surface area contributed by atoms with E-state index in [4.69, 9.17) is 5.73 Å². The molecule has 0 spiro atoms. The molecule has 0 aromatic rings. The number of likely N-dealkylation sites (tertiary alicyclic amines) is 1. The highest BCUT2D eigenvalue weighted by Gasteiger charge is 2.37. The summed E-state index contributed by atoms with van der Waals surface area (Å²) in [6.45, 7) is 3.21. The van der Waals surface area contributed by atoms with Crippen LogP contribution in [0.25, 0.3) is 0 Å². The number of β-amino-alcohol motifs (C(OH)–C–C–N with tert-alkyl or cyclic N) is 1. The molecule has 3 N–H and O–H groups in total. The minimum atomic E-state index is -0.623. The number of amides is 1. The Hall–Kier alpha value is -0.940. The number of aliphatic hydroxyl groups excluding tert-OH is 1. The summed E-state index contributed by atoms with van der Waals surface area (Å²) in [5, 5.41) is 9.36. The van der Waals surface area contributed by atoms with Gasteiger partial charge < -0.3 is 15.7 Å². The zero-order chi connectivity index (χ0) is 10.9. The average molecular weight is 200 g/mol. The molecule has 0 saturated carbocycles. The normalized spacial score (nSPS) is 29.0. The van der Waals surface area contributed by atoms with E-state index in [0.717, 1.165) is 0 Å². The predicted octanol–water partition coefficient (Wildman–Crippen LogP) is -1.12. The van der Waals surface area contributed by atoms with Crippen molar-refractivity contribution >= 4 is 11.7 Å². The molecule has 1 aliphatic rings. The molecular formula is C9H16N2O3. The van der Waals surface area contributed by atoms with Gasteiger partial charge in [-0.05, 0) is 13.8 Å². The number of carbonyl (C=O) groups excluding carboxylic acids is 2. The summed E-state index contributed by atoms with van der Waals surface area (Å²) in [5.41, 5.74) is 5.44. The van der Waals surface area contributed by atoms with E-state index in [1.54, 1.807) is 6.92 Å². The Morgan fingerprint density at radius 2 is 2.14 bits per heavy atom. The first-order valence-corrected chi connectivity index (χ1v) is 4.68. The van der Waals surface area contributed by atoms with Crippen LogP contribution in [0.15, 0.2) is 0 Å². The fourth-order valence-electron chi connectivity index (χ4n) is 1.70. The van der Waals surface area contributed by atoms with E-state index >= 15 is 0 Å². The second-order valence-electron chi connectivity index (χ2n) is 3.80. The van der Waals surface area contributed by atoms with Crippen molar-refractivity contribution in [3.63, 3.8) is 0 Å². The topological polar surface area (TPSA) is 83.6 Å². The van der Waals surface area contributed by atoms with E-state index in [2.05, 4.69) is 0 Å². The molecule has 1 rings (SSSR count). The molecule has 1 saturated heterocycles. The van der Waals surface area contributed by atoms with Crippen LogP contribution in [-0.4, -0.2) is 46.4 Å². The molecule has 0 aromatic heterocycles. The van der Waals surface area contributed by atoms with E-state index in [-0.39, 0.29) is 18.2 Å². The molecule has 80 valence electrons. The Bertz CT molecular complexity index is 252. The molecule has 0 bridgehead atoms. The third-order valence-electron chi connectivity index (χ3n) is 2.42. The second-order valence-corrected chi connectivity index (χ2v) is 3.80. The Labute approximate surface area is 82.9 Å². The maximum absolute atomic E-state index is 11.5. The second kappa shape index (κ2) is 4.06. The zero-order valence-corrected chi connectivity index (χ0v) is 8.43. The van der Waals surface area contributed by atoms with Gasteiger partial charge in [0.1, 0.15) is 0 Å². The molecule has 0 radical (unpaired) electrons. The van der Waals surface area contributed by atoms with Gasteiger partial charge >= 0.3 is 0 Å². The fourth-order valence-corrected chi connectivity index (χ4v) is 1.70. The fraction of sp³-hybridized carbons (Fsp3) is 0.778. The van der Waals surface area contributed by atoms with E-state index < -0.39 is 18.2 Å². The number of rotatable bonds is 2. The zero-order valence-electron chi connectivity index (χ0n) is 8.43. The van der Waals surface area contributed by atoms with Crippen LogP contribution >= 0.6 is 0 Å². The number of carbonyl (C=O) groups is 2. The maximum atomic E-state index is 11.5. The predicted molar refractivity (Wildman–Crippen MR) is 50.5 cm³/mol. The maximum Gasteiger partial charge on any atom is 0.239 e. The average Bonchev–Trinajstić information content (AvgIpc) is 2.45. The van der Waals surface area contributed by atoms with Crippen molar-refractivity contribution in [2.75, 3.05) is 6.54 Å². The number of nitrogens with zero attached hydrogens (tertiary/aromatic N) is 1. The van der Waals surface area contributed by atoms with Crippen LogP contribution in [0.3, 0.4) is 0 Å². The van der Waals surface area contributed by atoms with Gasteiger partial charge in [-0.3, -0.25) is 9.59 Å². The van der Waals surface area contributed by atoms with Crippen molar-refractivity contribution in [1.29, 1.82) is 0 Å². The van der Waals surface area contributed by atoms with Gasteiger partial charge in [-0.2, -0.15) is 0 Å². The molecule has 1 aliphatic heterocycles. The summed E-state index contributed by atoms with van der Waals surface area (Å²) >= 11 is 0. The summed E-state index contributed by atoms with van der Waals surface area (Å²) in [5.74, 6) is -0.377. The first-order chi connectivity index (χ1) is 6.43. The van der Waals surface area contributed by atoms with E-state index in [1.165, 1.54) is 11.8 Å². The van der Waals surface area contributed by atoms with Gasteiger partial charge in [0.15, 0.2) is 5.78 Å². The molecular weight excluding hydrogens is 184 g/mol. The van der Waals surface area contributed by atoms with Crippen LogP contribution in [0, 0.1) is 0 Å². The van der Waals surface area contributed by atoms with Gasteiger partial charge in [0.2, 0.25) is 5.91 Å². The van der Waals surface area contributed by atoms with Crippen molar-refractivity contribution in [3.05, 3.63) is 0 Å². The molecule has 14 heavy (non-hydrogen) atoms. The van der Waals surface area contributed by atoms with Gasteiger partial charge in [0.25, 0.3) is 0 Å². The van der Waals surface area contributed by atoms with E-state index in [1.807, 2.05) is 0 Å². The SMILES string of the molecule is CC(=O)C1CC(O)CN1C(=O)C(C)N. The lowest BCUT2D eigenvalue weighted by Gasteiger charge is -2.23. The van der Waals surface area contributed by atoms with E-state index in [0.29, 0.717) is 6.42 Å². The van der Waals surface area contributed by atoms with Crippen LogP contribution in [0.2, 0.25) is 0 Å². The highest BCUT2D eigenvalue weighted by molar-refractivity contribution is 5.90. The molecule has 1 fully saturated rings. The smallest absolute Gasteiger partial charge is 0.239 e. The van der Waals surface area contributed by atoms with Gasteiger partial charge in [-0.25, -0.2) is 0 Å². The molecule has 1 heterocycles. The third-order valence-corrected chi connectivity index (χ3v) is 2.42. The van der Waals surface area contributed by atoms with Gasteiger partial charge in [0, 0.05) is 13.0 Å². The molecule has 5 heteroatoms. The van der Waals surface area contributed by atoms with Crippen LogP contribution in [0.1, 0.15) is 20.3 Å². The summed E-state index contributed by atoms with van der Waals surface area (Å²) in [7, 11) is 0. The molecule has 1 amide bonds.